The Balaban J connectivity index is 2.15. The lowest BCUT2D eigenvalue weighted by Gasteiger charge is -2.32. The number of halogens is 1. The van der Waals surface area contributed by atoms with Crippen LogP contribution in [0.25, 0.3) is 0 Å². The van der Waals surface area contributed by atoms with Crippen molar-refractivity contribution in [1.29, 1.82) is 0 Å². The standard InChI is InChI=1S/C15H20FNO2S/c1-10(2)17-15(14(18)19,11-7-8-11)9-20-13-6-4-3-5-12(13)16/h3-6,10-11,17H,7-9H2,1-2H3,(H,18,19). The molecule has 0 heterocycles. The van der Waals surface area contributed by atoms with Crippen molar-refractivity contribution in [3.8, 4) is 0 Å². The zero-order valence-electron chi connectivity index (χ0n) is 11.7. The first-order valence-corrected chi connectivity index (χ1v) is 7.82. The van der Waals surface area contributed by atoms with Crippen molar-refractivity contribution in [2.45, 2.75) is 43.2 Å². The highest BCUT2D eigenvalue weighted by Gasteiger charge is 2.51. The summed E-state index contributed by atoms with van der Waals surface area (Å²) in [6.07, 6.45) is 1.84. The van der Waals surface area contributed by atoms with Gasteiger partial charge in [-0.1, -0.05) is 12.1 Å². The van der Waals surface area contributed by atoms with Crippen LogP contribution in [0.15, 0.2) is 29.2 Å². The van der Waals surface area contributed by atoms with Gasteiger partial charge in [0.15, 0.2) is 0 Å². The van der Waals surface area contributed by atoms with Gasteiger partial charge in [-0.2, -0.15) is 0 Å². The minimum absolute atomic E-state index is 0.0768. The van der Waals surface area contributed by atoms with Crippen molar-refractivity contribution in [2.75, 3.05) is 5.75 Å². The third-order valence-corrected chi connectivity index (χ3v) is 4.74. The topological polar surface area (TPSA) is 49.3 Å². The summed E-state index contributed by atoms with van der Waals surface area (Å²) in [5.41, 5.74) is -0.957. The summed E-state index contributed by atoms with van der Waals surface area (Å²) in [6.45, 7) is 3.88. The third kappa shape index (κ3) is 3.33. The van der Waals surface area contributed by atoms with E-state index in [-0.39, 0.29) is 17.8 Å². The van der Waals surface area contributed by atoms with E-state index < -0.39 is 11.5 Å². The average Bonchev–Trinajstić information content (AvgIpc) is 3.20. The summed E-state index contributed by atoms with van der Waals surface area (Å²) in [5.74, 6) is -0.650. The number of nitrogens with one attached hydrogen (secondary N) is 1. The predicted octanol–water partition coefficient (Wildman–Crippen LogP) is 3.15. The summed E-state index contributed by atoms with van der Waals surface area (Å²) in [7, 11) is 0. The van der Waals surface area contributed by atoms with Crippen LogP contribution in [0.3, 0.4) is 0 Å². The predicted molar refractivity (Wildman–Crippen MR) is 78.5 cm³/mol. The first-order valence-electron chi connectivity index (χ1n) is 6.84. The van der Waals surface area contributed by atoms with Gasteiger partial charge in [-0.15, -0.1) is 11.8 Å². The number of carboxylic acid groups (broad SMARTS) is 1. The number of benzene rings is 1. The fourth-order valence-corrected chi connectivity index (χ4v) is 3.63. The van der Waals surface area contributed by atoms with Crippen molar-refractivity contribution < 1.29 is 14.3 Å². The van der Waals surface area contributed by atoms with E-state index in [0.29, 0.717) is 10.6 Å². The largest absolute Gasteiger partial charge is 0.480 e. The summed E-state index contributed by atoms with van der Waals surface area (Å²) in [5, 5.41) is 12.9. The molecule has 2 N–H and O–H groups in total. The van der Waals surface area contributed by atoms with Gasteiger partial charge < -0.3 is 5.11 Å². The second-order valence-corrected chi connectivity index (χ2v) is 6.59. The van der Waals surface area contributed by atoms with E-state index in [1.807, 2.05) is 13.8 Å². The molecule has 0 spiro atoms. The Hall–Kier alpha value is -1.07. The summed E-state index contributed by atoms with van der Waals surface area (Å²) >= 11 is 1.27. The molecular weight excluding hydrogens is 277 g/mol. The normalized spacial score (nSPS) is 18.0. The number of thioether (sulfide) groups is 1. The molecule has 0 bridgehead atoms. The molecule has 1 aliphatic carbocycles. The highest BCUT2D eigenvalue weighted by atomic mass is 32.2. The first kappa shape index (κ1) is 15.3. The molecule has 5 heteroatoms. The Morgan fingerprint density at radius 3 is 2.65 bits per heavy atom. The molecule has 0 amide bonds. The van der Waals surface area contributed by atoms with Gasteiger partial charge in [0.2, 0.25) is 0 Å². The molecule has 1 aliphatic rings. The van der Waals surface area contributed by atoms with E-state index in [1.165, 1.54) is 17.8 Å². The van der Waals surface area contributed by atoms with Gasteiger partial charge in [-0.05, 0) is 44.7 Å². The third-order valence-electron chi connectivity index (χ3n) is 3.49. The average molecular weight is 297 g/mol. The molecule has 3 nitrogen and oxygen atoms in total. The molecule has 1 saturated carbocycles. The van der Waals surface area contributed by atoms with Crippen molar-refractivity contribution in [1.82, 2.24) is 5.32 Å². The molecule has 1 fully saturated rings. The van der Waals surface area contributed by atoms with Crippen LogP contribution in [0, 0.1) is 11.7 Å². The molecule has 1 atom stereocenters. The molecule has 110 valence electrons. The van der Waals surface area contributed by atoms with Crippen molar-refractivity contribution in [2.24, 2.45) is 5.92 Å². The van der Waals surface area contributed by atoms with Crippen molar-refractivity contribution in [3.05, 3.63) is 30.1 Å². The fourth-order valence-electron chi connectivity index (χ4n) is 2.42. The van der Waals surface area contributed by atoms with Crippen LogP contribution < -0.4 is 5.32 Å². The molecule has 2 rings (SSSR count). The minimum atomic E-state index is -0.957. The SMILES string of the molecule is CC(C)NC(CSc1ccccc1F)(C(=O)O)C1CC1. The van der Waals surface area contributed by atoms with Crippen LogP contribution in [0.5, 0.6) is 0 Å². The Morgan fingerprint density at radius 2 is 2.15 bits per heavy atom. The van der Waals surface area contributed by atoms with E-state index >= 15 is 0 Å². The Bertz CT molecular complexity index is 491. The lowest BCUT2D eigenvalue weighted by atomic mass is 9.94. The lowest BCUT2D eigenvalue weighted by Crippen LogP contribution is -2.58. The Kier molecular flexibility index (Phi) is 4.70. The quantitative estimate of drug-likeness (QED) is 0.759. The maximum absolute atomic E-state index is 13.7. The zero-order valence-corrected chi connectivity index (χ0v) is 12.5. The molecule has 0 aliphatic heterocycles. The molecule has 1 aromatic rings. The molecule has 0 aromatic heterocycles. The van der Waals surface area contributed by atoms with Crippen LogP contribution >= 0.6 is 11.8 Å². The van der Waals surface area contributed by atoms with Gasteiger partial charge in [-0.3, -0.25) is 10.1 Å². The van der Waals surface area contributed by atoms with Crippen LogP contribution in [0.2, 0.25) is 0 Å². The maximum atomic E-state index is 13.7. The first-order chi connectivity index (χ1) is 9.45. The van der Waals surface area contributed by atoms with Gasteiger partial charge in [0.25, 0.3) is 0 Å². The summed E-state index contributed by atoms with van der Waals surface area (Å²) < 4.78 is 13.7. The molecular formula is C15H20FNO2S. The molecule has 1 unspecified atom stereocenters. The van der Waals surface area contributed by atoms with Crippen LogP contribution in [0.1, 0.15) is 26.7 Å². The maximum Gasteiger partial charge on any atom is 0.325 e. The molecule has 1 aromatic carbocycles. The van der Waals surface area contributed by atoms with Gasteiger partial charge in [0.1, 0.15) is 11.4 Å². The second-order valence-electron chi connectivity index (χ2n) is 5.57. The summed E-state index contributed by atoms with van der Waals surface area (Å²) in [4.78, 5) is 12.3. The minimum Gasteiger partial charge on any atom is -0.480 e. The van der Waals surface area contributed by atoms with E-state index in [4.69, 9.17) is 0 Å². The molecule has 0 radical (unpaired) electrons. The van der Waals surface area contributed by atoms with E-state index in [9.17, 15) is 14.3 Å². The van der Waals surface area contributed by atoms with Gasteiger partial charge >= 0.3 is 5.97 Å². The van der Waals surface area contributed by atoms with E-state index in [1.54, 1.807) is 18.2 Å². The zero-order chi connectivity index (χ0) is 14.8. The van der Waals surface area contributed by atoms with Crippen molar-refractivity contribution in [3.63, 3.8) is 0 Å². The lowest BCUT2D eigenvalue weighted by molar-refractivity contribution is -0.145. The van der Waals surface area contributed by atoms with Crippen LogP contribution in [0.4, 0.5) is 4.39 Å². The fraction of sp³-hybridized carbons (Fsp3) is 0.533. The van der Waals surface area contributed by atoms with E-state index in [2.05, 4.69) is 5.32 Å². The highest BCUT2D eigenvalue weighted by molar-refractivity contribution is 7.99. The number of hydrogen-bond donors (Lipinski definition) is 2. The van der Waals surface area contributed by atoms with Gasteiger partial charge in [-0.25, -0.2) is 4.39 Å². The van der Waals surface area contributed by atoms with Crippen LogP contribution in [-0.4, -0.2) is 28.4 Å². The number of aliphatic carboxylic acids is 1. The molecule has 0 saturated heterocycles. The summed E-state index contributed by atoms with van der Waals surface area (Å²) in [6, 6.07) is 6.57. The molecule has 20 heavy (non-hydrogen) atoms. The highest BCUT2D eigenvalue weighted by Crippen LogP contribution is 2.43. The monoisotopic (exact) mass is 297 g/mol. The van der Waals surface area contributed by atoms with Gasteiger partial charge in [0.05, 0.1) is 0 Å². The Morgan fingerprint density at radius 1 is 1.50 bits per heavy atom. The van der Waals surface area contributed by atoms with Crippen LogP contribution in [-0.2, 0) is 4.79 Å². The Labute approximate surface area is 123 Å². The van der Waals surface area contributed by atoms with Gasteiger partial charge in [0, 0.05) is 16.7 Å². The number of hydrogen-bond acceptors (Lipinski definition) is 3. The van der Waals surface area contributed by atoms with E-state index in [0.717, 1.165) is 12.8 Å². The second kappa shape index (κ2) is 6.14. The van der Waals surface area contributed by atoms with Crippen molar-refractivity contribution >= 4 is 17.7 Å². The number of rotatable bonds is 7. The number of carbonyl (C=O) groups is 1. The smallest absolute Gasteiger partial charge is 0.325 e. The number of carboxylic acids is 1.